The van der Waals surface area contributed by atoms with Gasteiger partial charge < -0.3 is 5.32 Å². The van der Waals surface area contributed by atoms with Crippen LogP contribution in [0.1, 0.15) is 22.4 Å². The number of para-hydroxylation sites is 1. The van der Waals surface area contributed by atoms with E-state index in [2.05, 4.69) is 59.7 Å². The summed E-state index contributed by atoms with van der Waals surface area (Å²) in [5, 5.41) is 4.70. The Balaban J connectivity index is 1.85. The second-order valence-corrected chi connectivity index (χ2v) is 6.16. The van der Waals surface area contributed by atoms with Gasteiger partial charge in [-0.2, -0.15) is 0 Å². The summed E-state index contributed by atoms with van der Waals surface area (Å²) in [5.41, 5.74) is 3.22. The first-order chi connectivity index (χ1) is 9.76. The van der Waals surface area contributed by atoms with Crippen LogP contribution in [0.15, 0.2) is 42.5 Å². The normalized spacial score (nSPS) is 10.9. The molecule has 20 heavy (non-hydrogen) atoms. The van der Waals surface area contributed by atoms with E-state index in [9.17, 15) is 0 Å². The number of benzene rings is 1. The molecule has 1 N–H and O–H groups in total. The number of hydrogen-bond acceptors (Lipinski definition) is 3. The number of hydrogen-bond donors (Lipinski definition) is 1. The lowest BCUT2D eigenvalue weighted by atomic mass is 10.1. The molecule has 0 amide bonds. The quantitative estimate of drug-likeness (QED) is 0.745. The second kappa shape index (κ2) is 5.63. The average Bonchev–Trinajstić information content (AvgIpc) is 2.93. The van der Waals surface area contributed by atoms with E-state index in [1.54, 1.807) is 0 Å². The SMILES string of the molecule is CCc1ccc(CNc2cccc3ccc(C)nc23)s1. The fourth-order valence-corrected chi connectivity index (χ4v) is 3.17. The molecule has 0 aliphatic heterocycles. The number of rotatable bonds is 4. The Morgan fingerprint density at radius 3 is 2.70 bits per heavy atom. The third-order valence-corrected chi connectivity index (χ3v) is 4.61. The Kier molecular flexibility index (Phi) is 3.70. The lowest BCUT2D eigenvalue weighted by Gasteiger charge is -2.08. The fraction of sp³-hybridized carbons (Fsp3) is 0.235. The minimum Gasteiger partial charge on any atom is -0.378 e. The van der Waals surface area contributed by atoms with E-state index < -0.39 is 0 Å². The van der Waals surface area contributed by atoms with Crippen molar-refractivity contribution in [2.45, 2.75) is 26.8 Å². The Bertz CT molecular complexity index is 731. The maximum atomic E-state index is 4.65. The van der Waals surface area contributed by atoms with Crippen molar-refractivity contribution >= 4 is 27.9 Å². The van der Waals surface area contributed by atoms with E-state index in [-0.39, 0.29) is 0 Å². The van der Waals surface area contributed by atoms with Gasteiger partial charge in [-0.3, -0.25) is 4.98 Å². The molecule has 0 radical (unpaired) electrons. The van der Waals surface area contributed by atoms with Gasteiger partial charge in [-0.1, -0.05) is 25.1 Å². The first kappa shape index (κ1) is 13.1. The number of fused-ring (bicyclic) bond motifs is 1. The lowest BCUT2D eigenvalue weighted by molar-refractivity contribution is 1.18. The summed E-state index contributed by atoms with van der Waals surface area (Å²) in [4.78, 5) is 7.46. The van der Waals surface area contributed by atoms with E-state index in [0.29, 0.717) is 0 Å². The van der Waals surface area contributed by atoms with Crippen LogP contribution in [0.5, 0.6) is 0 Å². The van der Waals surface area contributed by atoms with E-state index in [1.807, 2.05) is 18.3 Å². The molecule has 0 bridgehead atoms. The van der Waals surface area contributed by atoms with Crippen molar-refractivity contribution < 1.29 is 0 Å². The highest BCUT2D eigenvalue weighted by Gasteiger charge is 2.04. The van der Waals surface area contributed by atoms with Crippen LogP contribution >= 0.6 is 11.3 Å². The van der Waals surface area contributed by atoms with Gasteiger partial charge in [0.15, 0.2) is 0 Å². The smallest absolute Gasteiger partial charge is 0.0936 e. The molecule has 0 spiro atoms. The summed E-state index contributed by atoms with van der Waals surface area (Å²) >= 11 is 1.88. The molecule has 0 fully saturated rings. The summed E-state index contributed by atoms with van der Waals surface area (Å²) in [6.45, 7) is 5.09. The van der Waals surface area contributed by atoms with Gasteiger partial charge in [0.2, 0.25) is 0 Å². The van der Waals surface area contributed by atoms with Gasteiger partial charge in [-0.05, 0) is 37.6 Å². The molecule has 0 saturated heterocycles. The number of nitrogens with one attached hydrogen (secondary N) is 1. The van der Waals surface area contributed by atoms with Crippen molar-refractivity contribution in [1.29, 1.82) is 0 Å². The van der Waals surface area contributed by atoms with Crippen molar-refractivity contribution in [2.24, 2.45) is 0 Å². The molecule has 102 valence electrons. The van der Waals surface area contributed by atoms with Crippen LogP contribution < -0.4 is 5.32 Å². The first-order valence-corrected chi connectivity index (χ1v) is 7.76. The molecule has 0 aliphatic rings. The van der Waals surface area contributed by atoms with Crippen LogP contribution in [-0.2, 0) is 13.0 Å². The van der Waals surface area contributed by atoms with Crippen LogP contribution in [0, 0.1) is 6.92 Å². The average molecular weight is 282 g/mol. The number of thiophene rings is 1. The second-order valence-electron chi connectivity index (χ2n) is 4.91. The van der Waals surface area contributed by atoms with Gasteiger partial charge in [0.1, 0.15) is 0 Å². The minimum absolute atomic E-state index is 0.861. The molecule has 0 atom stereocenters. The number of anilines is 1. The number of pyridine rings is 1. The van der Waals surface area contributed by atoms with Gasteiger partial charge in [0.25, 0.3) is 0 Å². The zero-order chi connectivity index (χ0) is 13.9. The van der Waals surface area contributed by atoms with Crippen molar-refractivity contribution in [3.05, 3.63) is 57.9 Å². The van der Waals surface area contributed by atoms with Gasteiger partial charge in [0, 0.05) is 27.4 Å². The molecular formula is C17H18N2S. The molecule has 1 aromatic carbocycles. The Hall–Kier alpha value is -1.87. The molecule has 2 aromatic heterocycles. The highest BCUT2D eigenvalue weighted by molar-refractivity contribution is 7.12. The molecule has 2 nitrogen and oxygen atoms in total. The monoisotopic (exact) mass is 282 g/mol. The summed E-state index contributed by atoms with van der Waals surface area (Å²) in [6, 6.07) is 14.9. The fourth-order valence-electron chi connectivity index (χ4n) is 2.28. The molecule has 3 rings (SSSR count). The molecule has 3 heteroatoms. The molecule has 0 saturated carbocycles. The van der Waals surface area contributed by atoms with Gasteiger partial charge in [-0.15, -0.1) is 11.3 Å². The predicted molar refractivity (Wildman–Crippen MR) is 87.5 cm³/mol. The van der Waals surface area contributed by atoms with Crippen molar-refractivity contribution in [3.8, 4) is 0 Å². The van der Waals surface area contributed by atoms with Gasteiger partial charge in [-0.25, -0.2) is 0 Å². The zero-order valence-corrected chi connectivity index (χ0v) is 12.6. The highest BCUT2D eigenvalue weighted by Crippen LogP contribution is 2.24. The molecule has 2 heterocycles. The number of nitrogens with zero attached hydrogens (tertiary/aromatic N) is 1. The van der Waals surface area contributed by atoms with Crippen LogP contribution in [0.3, 0.4) is 0 Å². The molecule has 0 aliphatic carbocycles. The summed E-state index contributed by atoms with van der Waals surface area (Å²) < 4.78 is 0. The van der Waals surface area contributed by atoms with Crippen LogP contribution in [0.4, 0.5) is 5.69 Å². The first-order valence-electron chi connectivity index (χ1n) is 6.94. The van der Waals surface area contributed by atoms with E-state index in [4.69, 9.17) is 0 Å². The standard InChI is InChI=1S/C17H18N2S/c1-3-14-9-10-15(20-14)11-18-16-6-4-5-13-8-7-12(2)19-17(13)16/h4-10,18H,3,11H2,1-2H3. The van der Waals surface area contributed by atoms with Gasteiger partial charge >= 0.3 is 0 Å². The molecule has 3 aromatic rings. The Labute approximate surface area is 123 Å². The summed E-state index contributed by atoms with van der Waals surface area (Å²) in [7, 11) is 0. The number of aryl methyl sites for hydroxylation is 2. The van der Waals surface area contributed by atoms with Crippen molar-refractivity contribution in [1.82, 2.24) is 4.98 Å². The summed E-state index contributed by atoms with van der Waals surface area (Å²) in [5.74, 6) is 0. The third-order valence-electron chi connectivity index (χ3n) is 3.38. The number of aromatic nitrogens is 1. The topological polar surface area (TPSA) is 24.9 Å². The predicted octanol–water partition coefficient (Wildman–Crippen LogP) is 4.78. The Morgan fingerprint density at radius 1 is 1.05 bits per heavy atom. The van der Waals surface area contributed by atoms with Crippen molar-refractivity contribution in [3.63, 3.8) is 0 Å². The van der Waals surface area contributed by atoms with E-state index >= 15 is 0 Å². The van der Waals surface area contributed by atoms with E-state index in [0.717, 1.165) is 29.9 Å². The molecular weight excluding hydrogens is 264 g/mol. The molecule has 0 unspecified atom stereocenters. The van der Waals surface area contributed by atoms with E-state index in [1.165, 1.54) is 15.1 Å². The lowest BCUT2D eigenvalue weighted by Crippen LogP contribution is -1.99. The minimum atomic E-state index is 0.861. The summed E-state index contributed by atoms with van der Waals surface area (Å²) in [6.07, 6.45) is 1.11. The highest BCUT2D eigenvalue weighted by atomic mass is 32.1. The van der Waals surface area contributed by atoms with Gasteiger partial charge in [0.05, 0.1) is 11.2 Å². The van der Waals surface area contributed by atoms with Crippen LogP contribution in [0.2, 0.25) is 0 Å². The maximum absolute atomic E-state index is 4.65. The maximum Gasteiger partial charge on any atom is 0.0936 e. The third kappa shape index (κ3) is 2.68. The van der Waals surface area contributed by atoms with Crippen LogP contribution in [0.25, 0.3) is 10.9 Å². The Morgan fingerprint density at radius 2 is 1.90 bits per heavy atom. The van der Waals surface area contributed by atoms with Crippen LogP contribution in [-0.4, -0.2) is 4.98 Å². The van der Waals surface area contributed by atoms with Crippen molar-refractivity contribution in [2.75, 3.05) is 5.32 Å². The zero-order valence-electron chi connectivity index (χ0n) is 11.8. The largest absolute Gasteiger partial charge is 0.378 e.